The highest BCUT2D eigenvalue weighted by atomic mass is 35.5. The van der Waals surface area contributed by atoms with Crippen LogP contribution in [0.3, 0.4) is 0 Å². The molecule has 1 saturated heterocycles. The predicted octanol–water partition coefficient (Wildman–Crippen LogP) is 4.01. The number of nitrogens with two attached hydrogens (primary N) is 1. The van der Waals surface area contributed by atoms with Crippen molar-refractivity contribution in [2.24, 2.45) is 11.1 Å². The van der Waals surface area contributed by atoms with Gasteiger partial charge in [0.25, 0.3) is 0 Å². The number of nitriles is 2. The quantitative estimate of drug-likeness (QED) is 0.811. The molecule has 1 fully saturated rings. The van der Waals surface area contributed by atoms with E-state index in [4.69, 9.17) is 28.9 Å². The summed E-state index contributed by atoms with van der Waals surface area (Å²) in [6.45, 7) is 0. The number of rotatable bonds is 2. The minimum atomic E-state index is -1.57. The van der Waals surface area contributed by atoms with Crippen molar-refractivity contribution < 1.29 is 4.79 Å². The lowest BCUT2D eigenvalue weighted by Crippen LogP contribution is -2.41. The van der Waals surface area contributed by atoms with Crippen LogP contribution >= 0.6 is 23.2 Å². The van der Waals surface area contributed by atoms with Crippen LogP contribution in [0.4, 0.5) is 0 Å². The highest BCUT2D eigenvalue weighted by Crippen LogP contribution is 2.60. The summed E-state index contributed by atoms with van der Waals surface area (Å²) in [5.41, 5.74) is 6.38. The molecule has 3 atom stereocenters. The van der Waals surface area contributed by atoms with Crippen molar-refractivity contribution in [2.75, 3.05) is 0 Å². The van der Waals surface area contributed by atoms with Crippen molar-refractivity contribution in [3.05, 3.63) is 75.4 Å². The van der Waals surface area contributed by atoms with Crippen LogP contribution in [-0.2, 0) is 4.79 Å². The molecule has 0 saturated carbocycles. The Morgan fingerprint density at radius 3 is 2.46 bits per heavy atom. The highest BCUT2D eigenvalue weighted by Gasteiger charge is 2.63. The van der Waals surface area contributed by atoms with Gasteiger partial charge in [-0.2, -0.15) is 10.5 Å². The summed E-state index contributed by atoms with van der Waals surface area (Å²) in [4.78, 5) is 14.2. The summed E-state index contributed by atoms with van der Waals surface area (Å²) in [6.07, 6.45) is 3.59. The zero-order valence-electron chi connectivity index (χ0n) is 14.5. The fourth-order valence-electron chi connectivity index (χ4n) is 4.42. The molecule has 2 aromatic carbocycles. The standard InChI is InChI=1S/C21H14Cl2N4O/c22-13-5-6-15(16(23)9-13)17-18(20(26)28)27-8-7-12-3-1-2-4-14(12)19(27)21(17,10-24)11-25/h1-9,17-19H,(H2,26,28)/t17-,18+,19+/m0/s1. The number of carbonyl (C=O) groups is 1. The Morgan fingerprint density at radius 2 is 1.82 bits per heavy atom. The minimum Gasteiger partial charge on any atom is -0.368 e. The predicted molar refractivity (Wildman–Crippen MR) is 106 cm³/mol. The van der Waals surface area contributed by atoms with Gasteiger partial charge in [0.2, 0.25) is 5.91 Å². The first-order valence-corrected chi connectivity index (χ1v) is 9.31. The van der Waals surface area contributed by atoms with Crippen LogP contribution in [0.25, 0.3) is 6.08 Å². The molecule has 0 radical (unpaired) electrons. The fraction of sp³-hybridized carbons (Fsp3) is 0.190. The van der Waals surface area contributed by atoms with Crippen LogP contribution in [-0.4, -0.2) is 16.8 Å². The lowest BCUT2D eigenvalue weighted by Gasteiger charge is -2.34. The third-order valence-electron chi connectivity index (χ3n) is 5.53. The molecule has 4 rings (SSSR count). The number of nitrogens with zero attached hydrogens (tertiary/aromatic N) is 3. The summed E-state index contributed by atoms with van der Waals surface area (Å²) < 4.78 is 0. The van der Waals surface area contributed by atoms with E-state index >= 15 is 0 Å². The molecule has 0 spiro atoms. The van der Waals surface area contributed by atoms with Crippen molar-refractivity contribution in [3.63, 3.8) is 0 Å². The number of hydrogen-bond acceptors (Lipinski definition) is 4. The van der Waals surface area contributed by atoms with E-state index in [9.17, 15) is 15.3 Å². The lowest BCUT2D eigenvalue weighted by atomic mass is 9.68. The maximum Gasteiger partial charge on any atom is 0.240 e. The second-order valence-electron chi connectivity index (χ2n) is 6.88. The Kier molecular flexibility index (Phi) is 4.31. The number of primary amides is 1. The molecule has 1 amide bonds. The van der Waals surface area contributed by atoms with Gasteiger partial charge in [-0.1, -0.05) is 53.5 Å². The number of carbonyl (C=O) groups excluding carboxylic acids is 1. The van der Waals surface area contributed by atoms with Gasteiger partial charge in [-0.05, 0) is 34.9 Å². The zero-order chi connectivity index (χ0) is 20.1. The number of fused-ring (bicyclic) bond motifs is 3. The molecule has 28 heavy (non-hydrogen) atoms. The van der Waals surface area contributed by atoms with E-state index in [1.54, 1.807) is 23.2 Å². The second-order valence-corrected chi connectivity index (χ2v) is 7.72. The minimum absolute atomic E-state index is 0.288. The van der Waals surface area contributed by atoms with Crippen LogP contribution in [0.1, 0.15) is 28.7 Å². The topological polar surface area (TPSA) is 93.9 Å². The van der Waals surface area contributed by atoms with Crippen LogP contribution in [0.5, 0.6) is 0 Å². The normalized spacial score (nSPS) is 24.0. The maximum absolute atomic E-state index is 12.5. The van der Waals surface area contributed by atoms with E-state index in [0.717, 1.165) is 11.1 Å². The number of halogens is 2. The third kappa shape index (κ3) is 2.41. The molecule has 0 aliphatic carbocycles. The van der Waals surface area contributed by atoms with Gasteiger partial charge < -0.3 is 10.6 Å². The van der Waals surface area contributed by atoms with E-state index in [2.05, 4.69) is 12.1 Å². The summed E-state index contributed by atoms with van der Waals surface area (Å²) in [7, 11) is 0. The molecule has 5 nitrogen and oxygen atoms in total. The molecular formula is C21H14Cl2N4O. The fourth-order valence-corrected chi connectivity index (χ4v) is 4.94. The molecule has 7 heteroatoms. The largest absolute Gasteiger partial charge is 0.368 e. The molecule has 0 unspecified atom stereocenters. The first kappa shape index (κ1) is 18.4. The van der Waals surface area contributed by atoms with Crippen molar-refractivity contribution in [3.8, 4) is 12.1 Å². The van der Waals surface area contributed by atoms with E-state index in [0.29, 0.717) is 10.6 Å². The number of benzene rings is 2. The van der Waals surface area contributed by atoms with Gasteiger partial charge >= 0.3 is 0 Å². The van der Waals surface area contributed by atoms with Gasteiger partial charge in [0.05, 0.1) is 18.2 Å². The van der Waals surface area contributed by atoms with Crippen molar-refractivity contribution in [1.82, 2.24) is 4.90 Å². The zero-order valence-corrected chi connectivity index (χ0v) is 16.0. The number of amides is 1. The Bertz CT molecular complexity index is 1080. The van der Waals surface area contributed by atoms with Gasteiger partial charge in [-0.15, -0.1) is 0 Å². The third-order valence-corrected chi connectivity index (χ3v) is 6.10. The van der Waals surface area contributed by atoms with E-state index in [1.807, 2.05) is 30.3 Å². The average Bonchev–Trinajstić information content (AvgIpc) is 2.99. The number of hydrogen-bond donors (Lipinski definition) is 1. The monoisotopic (exact) mass is 408 g/mol. The second kappa shape index (κ2) is 6.56. The van der Waals surface area contributed by atoms with Crippen LogP contribution < -0.4 is 5.73 Å². The van der Waals surface area contributed by atoms with E-state index in [-0.39, 0.29) is 5.02 Å². The molecule has 0 bridgehead atoms. The lowest BCUT2D eigenvalue weighted by molar-refractivity contribution is -0.122. The Hall–Kier alpha value is -2.99. The molecule has 2 aliphatic rings. The van der Waals surface area contributed by atoms with E-state index in [1.165, 1.54) is 6.07 Å². The summed E-state index contributed by atoms with van der Waals surface area (Å²) in [5.74, 6) is -1.47. The Morgan fingerprint density at radius 1 is 1.11 bits per heavy atom. The summed E-state index contributed by atoms with van der Waals surface area (Å²) >= 11 is 12.4. The van der Waals surface area contributed by atoms with Crippen LogP contribution in [0.2, 0.25) is 10.0 Å². The molecule has 2 N–H and O–H groups in total. The van der Waals surface area contributed by atoms with E-state index < -0.39 is 29.3 Å². The first-order chi connectivity index (χ1) is 13.4. The Balaban J connectivity index is 2.03. The van der Waals surface area contributed by atoms with Gasteiger partial charge in [-0.25, -0.2) is 0 Å². The molecular weight excluding hydrogens is 395 g/mol. The Labute approximate surface area is 172 Å². The highest BCUT2D eigenvalue weighted by molar-refractivity contribution is 6.35. The smallest absolute Gasteiger partial charge is 0.240 e. The molecule has 2 aliphatic heterocycles. The SMILES string of the molecule is N#CC1(C#N)[C@@H](c2ccc(Cl)cc2Cl)[C@H](C(N)=O)N2C=Cc3ccccc3[C@@H]21. The van der Waals surface area contributed by atoms with Gasteiger partial charge in [-0.3, -0.25) is 4.79 Å². The van der Waals surface area contributed by atoms with Crippen molar-refractivity contribution >= 4 is 35.2 Å². The van der Waals surface area contributed by atoms with Crippen LogP contribution in [0.15, 0.2) is 48.7 Å². The molecule has 2 heterocycles. The summed E-state index contributed by atoms with van der Waals surface area (Å²) in [5, 5.41) is 21.1. The van der Waals surface area contributed by atoms with Gasteiger partial charge in [0.1, 0.15) is 6.04 Å². The van der Waals surface area contributed by atoms with Crippen molar-refractivity contribution in [2.45, 2.75) is 18.0 Å². The summed E-state index contributed by atoms with van der Waals surface area (Å²) in [6, 6.07) is 15.2. The first-order valence-electron chi connectivity index (χ1n) is 8.56. The average molecular weight is 409 g/mol. The van der Waals surface area contributed by atoms with Crippen LogP contribution in [0, 0.1) is 28.1 Å². The molecule has 2 aromatic rings. The van der Waals surface area contributed by atoms with Crippen molar-refractivity contribution in [1.29, 1.82) is 10.5 Å². The van der Waals surface area contributed by atoms with Gasteiger partial charge in [0.15, 0.2) is 5.41 Å². The van der Waals surface area contributed by atoms with Gasteiger partial charge in [0, 0.05) is 22.2 Å². The maximum atomic E-state index is 12.5. The molecule has 138 valence electrons. The molecule has 0 aromatic heterocycles.